The number of benzene rings is 2. The lowest BCUT2D eigenvalue weighted by Gasteiger charge is -2.15. The number of rotatable bonds is 5. The molecule has 3 aromatic rings. The molecule has 0 atom stereocenters. The molecule has 29 heavy (non-hydrogen) atoms. The van der Waals surface area contributed by atoms with Gasteiger partial charge in [-0.3, -0.25) is 4.79 Å². The van der Waals surface area contributed by atoms with Gasteiger partial charge < -0.3 is 23.4 Å². The van der Waals surface area contributed by atoms with Gasteiger partial charge in [0, 0.05) is 11.6 Å². The molecule has 0 saturated carbocycles. The number of allylic oxidation sites excluding steroid dienone is 2. The van der Waals surface area contributed by atoms with Crippen molar-refractivity contribution in [1.82, 2.24) is 0 Å². The molecule has 6 nitrogen and oxygen atoms in total. The van der Waals surface area contributed by atoms with Gasteiger partial charge in [-0.2, -0.15) is 0 Å². The first-order chi connectivity index (χ1) is 14.0. The van der Waals surface area contributed by atoms with E-state index in [4.69, 9.17) is 23.4 Å². The van der Waals surface area contributed by atoms with Crippen molar-refractivity contribution in [1.29, 1.82) is 0 Å². The smallest absolute Gasteiger partial charge is 0.231 e. The second-order valence-electron chi connectivity index (χ2n) is 7.00. The minimum absolute atomic E-state index is 0.173. The van der Waals surface area contributed by atoms with Crippen LogP contribution in [0.15, 0.2) is 51.4 Å². The highest BCUT2D eigenvalue weighted by molar-refractivity contribution is 5.90. The molecule has 0 saturated heterocycles. The van der Waals surface area contributed by atoms with E-state index in [0.29, 0.717) is 51.5 Å². The molecule has 0 unspecified atom stereocenters. The Morgan fingerprint density at radius 1 is 1.10 bits per heavy atom. The maximum Gasteiger partial charge on any atom is 0.231 e. The van der Waals surface area contributed by atoms with Gasteiger partial charge in [0.05, 0.1) is 19.8 Å². The van der Waals surface area contributed by atoms with Gasteiger partial charge in [0.15, 0.2) is 11.5 Å². The largest absolute Gasteiger partial charge is 0.496 e. The van der Waals surface area contributed by atoms with Crippen LogP contribution in [0.2, 0.25) is 0 Å². The summed E-state index contributed by atoms with van der Waals surface area (Å²) in [7, 11) is 3.14. The molecular formula is C23H22O6. The molecule has 6 heteroatoms. The van der Waals surface area contributed by atoms with E-state index in [0.717, 1.165) is 11.1 Å². The van der Waals surface area contributed by atoms with Crippen LogP contribution in [0.5, 0.6) is 23.0 Å². The summed E-state index contributed by atoms with van der Waals surface area (Å²) in [6.07, 6.45) is 4.10. The zero-order valence-corrected chi connectivity index (χ0v) is 16.8. The number of fused-ring (bicyclic) bond motifs is 2. The van der Waals surface area contributed by atoms with Crippen LogP contribution in [0.3, 0.4) is 0 Å². The Morgan fingerprint density at radius 2 is 1.90 bits per heavy atom. The van der Waals surface area contributed by atoms with Crippen molar-refractivity contribution in [3.63, 3.8) is 0 Å². The minimum atomic E-state index is -0.178. The average molecular weight is 394 g/mol. The van der Waals surface area contributed by atoms with E-state index in [1.54, 1.807) is 32.4 Å². The molecule has 0 radical (unpaired) electrons. The van der Waals surface area contributed by atoms with Crippen molar-refractivity contribution in [2.75, 3.05) is 21.0 Å². The summed E-state index contributed by atoms with van der Waals surface area (Å²) < 4.78 is 27.8. The van der Waals surface area contributed by atoms with Gasteiger partial charge in [-0.15, -0.1) is 0 Å². The molecule has 1 aliphatic heterocycles. The van der Waals surface area contributed by atoms with Gasteiger partial charge in [-0.1, -0.05) is 17.7 Å². The summed E-state index contributed by atoms with van der Waals surface area (Å²) in [5.74, 6) is 2.34. The van der Waals surface area contributed by atoms with E-state index in [2.05, 4.69) is 6.08 Å². The molecule has 0 spiro atoms. The first-order valence-electron chi connectivity index (χ1n) is 9.26. The number of ether oxygens (including phenoxy) is 4. The van der Waals surface area contributed by atoms with Crippen LogP contribution in [0.25, 0.3) is 22.1 Å². The lowest BCUT2D eigenvalue weighted by atomic mass is 10.0. The topological polar surface area (TPSA) is 67.1 Å². The highest BCUT2D eigenvalue weighted by Gasteiger charge is 2.21. The first-order valence-corrected chi connectivity index (χ1v) is 9.26. The monoisotopic (exact) mass is 394 g/mol. The van der Waals surface area contributed by atoms with Crippen LogP contribution in [-0.4, -0.2) is 21.0 Å². The molecular weight excluding hydrogens is 372 g/mol. The summed E-state index contributed by atoms with van der Waals surface area (Å²) >= 11 is 0. The first kappa shape index (κ1) is 18.9. The van der Waals surface area contributed by atoms with Crippen molar-refractivity contribution in [2.45, 2.75) is 20.3 Å². The van der Waals surface area contributed by atoms with Gasteiger partial charge in [-0.05, 0) is 38.0 Å². The van der Waals surface area contributed by atoms with Crippen LogP contribution < -0.4 is 24.4 Å². The van der Waals surface area contributed by atoms with Crippen molar-refractivity contribution < 1.29 is 23.4 Å². The van der Waals surface area contributed by atoms with Crippen LogP contribution >= 0.6 is 0 Å². The summed E-state index contributed by atoms with van der Waals surface area (Å²) in [5, 5.41) is 0.389. The highest BCUT2D eigenvalue weighted by Crippen LogP contribution is 2.39. The van der Waals surface area contributed by atoms with E-state index in [1.807, 2.05) is 19.9 Å². The van der Waals surface area contributed by atoms with Crippen LogP contribution in [0.1, 0.15) is 19.4 Å². The molecule has 0 N–H and O–H groups in total. The molecule has 150 valence electrons. The molecule has 0 bridgehead atoms. The molecule has 2 aromatic carbocycles. The Hall–Kier alpha value is -3.41. The van der Waals surface area contributed by atoms with E-state index in [1.165, 1.54) is 6.26 Å². The number of hydrogen-bond acceptors (Lipinski definition) is 6. The molecule has 0 amide bonds. The fourth-order valence-corrected chi connectivity index (χ4v) is 3.44. The molecule has 4 rings (SSSR count). The van der Waals surface area contributed by atoms with Crippen molar-refractivity contribution in [3.8, 4) is 34.1 Å². The van der Waals surface area contributed by atoms with Crippen molar-refractivity contribution in [3.05, 3.63) is 58.0 Å². The molecule has 0 aliphatic carbocycles. The van der Waals surface area contributed by atoms with Crippen molar-refractivity contribution >= 4 is 11.0 Å². The minimum Gasteiger partial charge on any atom is -0.496 e. The molecule has 1 aliphatic rings. The van der Waals surface area contributed by atoms with Gasteiger partial charge in [0.1, 0.15) is 28.7 Å². The fraction of sp³-hybridized carbons (Fsp3) is 0.261. The zero-order valence-electron chi connectivity index (χ0n) is 16.8. The van der Waals surface area contributed by atoms with Crippen LogP contribution in [-0.2, 0) is 6.42 Å². The third-order valence-corrected chi connectivity index (χ3v) is 4.90. The fourth-order valence-electron chi connectivity index (χ4n) is 3.44. The average Bonchev–Trinajstić information content (AvgIpc) is 3.19. The summed E-state index contributed by atoms with van der Waals surface area (Å²) in [6.45, 7) is 4.21. The maximum absolute atomic E-state index is 13.4. The van der Waals surface area contributed by atoms with E-state index in [-0.39, 0.29) is 12.2 Å². The second-order valence-corrected chi connectivity index (χ2v) is 7.00. The number of methoxy groups -OCH3 is 2. The molecule has 1 aromatic heterocycles. The SMILES string of the molecule is COc1cc2occ(-c3ccc4c(c3)OCO4)c(=O)c2c(OC)c1CC=C(C)C. The standard InChI is InChI=1S/C23H22O6/c1-13(2)5-7-15-18(25-3)10-20-21(23(15)26-4)22(24)16(11-27-20)14-6-8-17-19(9-14)29-12-28-17/h5-6,8-11H,7,12H2,1-4H3. The van der Waals surface area contributed by atoms with Crippen LogP contribution in [0, 0.1) is 0 Å². The van der Waals surface area contributed by atoms with E-state index < -0.39 is 0 Å². The number of hydrogen-bond donors (Lipinski definition) is 0. The maximum atomic E-state index is 13.4. The van der Waals surface area contributed by atoms with Gasteiger partial charge in [0.2, 0.25) is 12.2 Å². The Bertz CT molecular complexity index is 1170. The predicted molar refractivity (Wildman–Crippen MR) is 110 cm³/mol. The summed E-state index contributed by atoms with van der Waals surface area (Å²) in [4.78, 5) is 13.4. The van der Waals surface area contributed by atoms with Gasteiger partial charge in [-0.25, -0.2) is 0 Å². The third kappa shape index (κ3) is 3.31. The Labute approximate surface area is 168 Å². The molecule has 0 fully saturated rings. The second kappa shape index (κ2) is 7.54. The highest BCUT2D eigenvalue weighted by atomic mass is 16.7. The predicted octanol–water partition coefficient (Wildman–Crippen LogP) is 4.71. The molecule has 2 heterocycles. The summed E-state index contributed by atoms with van der Waals surface area (Å²) in [5.41, 5.74) is 3.31. The van der Waals surface area contributed by atoms with Gasteiger partial charge >= 0.3 is 0 Å². The third-order valence-electron chi connectivity index (χ3n) is 4.90. The van der Waals surface area contributed by atoms with Gasteiger partial charge in [0.25, 0.3) is 0 Å². The lowest BCUT2D eigenvalue weighted by molar-refractivity contribution is 0.174. The van der Waals surface area contributed by atoms with Crippen LogP contribution in [0.4, 0.5) is 0 Å². The lowest BCUT2D eigenvalue weighted by Crippen LogP contribution is -2.09. The zero-order chi connectivity index (χ0) is 20.5. The normalized spacial score (nSPS) is 12.1. The van der Waals surface area contributed by atoms with E-state index >= 15 is 0 Å². The quantitative estimate of drug-likeness (QED) is 0.584. The Kier molecular flexibility index (Phi) is 4.92. The Morgan fingerprint density at radius 3 is 2.62 bits per heavy atom. The summed E-state index contributed by atoms with van der Waals surface area (Å²) in [6, 6.07) is 7.11. The Balaban J connectivity index is 1.95. The van der Waals surface area contributed by atoms with Crippen molar-refractivity contribution in [2.24, 2.45) is 0 Å². The van der Waals surface area contributed by atoms with E-state index in [9.17, 15) is 4.79 Å².